The van der Waals surface area contributed by atoms with Gasteiger partial charge in [-0.3, -0.25) is 0 Å². The van der Waals surface area contributed by atoms with Crippen LogP contribution in [0.2, 0.25) is 0 Å². The molecular formula is C14H22N2O. The molecule has 17 heavy (non-hydrogen) atoms. The van der Waals surface area contributed by atoms with E-state index in [-0.39, 0.29) is 0 Å². The maximum absolute atomic E-state index is 5.11. The number of hydrogen-bond donors (Lipinski definition) is 1. The molecule has 1 aromatic rings. The van der Waals surface area contributed by atoms with Crippen molar-refractivity contribution in [1.82, 2.24) is 10.2 Å². The van der Waals surface area contributed by atoms with Crippen LogP contribution >= 0.6 is 0 Å². The maximum Gasteiger partial charge on any atom is 0.0713 e. The van der Waals surface area contributed by atoms with E-state index >= 15 is 0 Å². The second-order valence-corrected chi connectivity index (χ2v) is 4.59. The summed E-state index contributed by atoms with van der Waals surface area (Å²) in [5.41, 5.74) is 2.67. The molecule has 0 saturated carbocycles. The Labute approximate surface area is 104 Å². The second kappa shape index (κ2) is 6.74. The van der Waals surface area contributed by atoms with Crippen molar-refractivity contribution in [1.29, 1.82) is 0 Å². The molecule has 1 heterocycles. The highest BCUT2D eigenvalue weighted by atomic mass is 16.5. The number of methoxy groups -OCH3 is 1. The number of piperazine rings is 1. The van der Waals surface area contributed by atoms with Gasteiger partial charge in [0.1, 0.15) is 0 Å². The van der Waals surface area contributed by atoms with Gasteiger partial charge in [0.25, 0.3) is 0 Å². The van der Waals surface area contributed by atoms with Gasteiger partial charge in [-0.05, 0) is 17.5 Å². The molecule has 0 unspecified atom stereocenters. The van der Waals surface area contributed by atoms with Crippen molar-refractivity contribution in [2.45, 2.75) is 13.0 Å². The van der Waals surface area contributed by atoms with Gasteiger partial charge in [0.2, 0.25) is 0 Å². The summed E-state index contributed by atoms with van der Waals surface area (Å²) in [7, 11) is 1.73. The number of ether oxygens (including phenoxy) is 1. The Balaban J connectivity index is 1.77. The van der Waals surface area contributed by atoms with Crippen molar-refractivity contribution in [2.24, 2.45) is 0 Å². The zero-order chi connectivity index (χ0) is 11.9. The van der Waals surface area contributed by atoms with Crippen molar-refractivity contribution in [3.8, 4) is 0 Å². The monoisotopic (exact) mass is 234 g/mol. The Morgan fingerprint density at radius 2 is 1.76 bits per heavy atom. The van der Waals surface area contributed by atoms with Gasteiger partial charge in [0, 0.05) is 39.8 Å². The Morgan fingerprint density at radius 1 is 1.12 bits per heavy atom. The minimum atomic E-state index is 0.706. The number of benzene rings is 1. The molecule has 0 radical (unpaired) electrons. The highest BCUT2D eigenvalue weighted by Gasteiger charge is 2.08. The van der Waals surface area contributed by atoms with Gasteiger partial charge in [-0.1, -0.05) is 24.3 Å². The van der Waals surface area contributed by atoms with E-state index in [0.717, 1.165) is 19.5 Å². The molecular weight excluding hydrogens is 212 g/mol. The number of hydrogen-bond acceptors (Lipinski definition) is 3. The quantitative estimate of drug-likeness (QED) is 0.830. The number of nitrogens with one attached hydrogen (secondary N) is 1. The van der Waals surface area contributed by atoms with Gasteiger partial charge in [-0.15, -0.1) is 0 Å². The molecule has 0 amide bonds. The van der Waals surface area contributed by atoms with E-state index in [1.807, 2.05) is 0 Å². The van der Waals surface area contributed by atoms with Crippen LogP contribution in [-0.4, -0.2) is 44.7 Å². The lowest BCUT2D eigenvalue weighted by atomic mass is 10.1. The van der Waals surface area contributed by atoms with E-state index in [4.69, 9.17) is 4.74 Å². The Morgan fingerprint density at radius 3 is 2.41 bits per heavy atom. The summed E-state index contributed by atoms with van der Waals surface area (Å²) in [6.45, 7) is 6.51. The summed E-state index contributed by atoms with van der Waals surface area (Å²) in [6, 6.07) is 8.76. The molecule has 1 fully saturated rings. The molecule has 0 bridgehead atoms. The van der Waals surface area contributed by atoms with Crippen LogP contribution in [0.5, 0.6) is 0 Å². The second-order valence-electron chi connectivity index (χ2n) is 4.59. The average Bonchev–Trinajstić information content (AvgIpc) is 2.40. The third-order valence-electron chi connectivity index (χ3n) is 3.26. The van der Waals surface area contributed by atoms with Gasteiger partial charge in [0.15, 0.2) is 0 Å². The molecule has 1 aliphatic rings. The van der Waals surface area contributed by atoms with E-state index in [9.17, 15) is 0 Å². The summed E-state index contributed by atoms with van der Waals surface area (Å²) < 4.78 is 5.11. The Kier molecular flexibility index (Phi) is 4.98. The van der Waals surface area contributed by atoms with Crippen LogP contribution in [0.3, 0.4) is 0 Å². The molecule has 0 spiro atoms. The minimum absolute atomic E-state index is 0.706. The van der Waals surface area contributed by atoms with E-state index in [1.54, 1.807) is 7.11 Å². The third-order valence-corrected chi connectivity index (χ3v) is 3.26. The first-order valence-corrected chi connectivity index (χ1v) is 6.38. The lowest BCUT2D eigenvalue weighted by Gasteiger charge is -2.27. The molecule has 1 aromatic carbocycles. The lowest BCUT2D eigenvalue weighted by molar-refractivity contribution is 0.185. The van der Waals surface area contributed by atoms with E-state index < -0.39 is 0 Å². The lowest BCUT2D eigenvalue weighted by Crippen LogP contribution is -2.44. The first-order valence-electron chi connectivity index (χ1n) is 6.38. The van der Waals surface area contributed by atoms with Crippen molar-refractivity contribution >= 4 is 0 Å². The number of rotatable bonds is 5. The molecule has 0 aromatic heterocycles. The van der Waals surface area contributed by atoms with Gasteiger partial charge < -0.3 is 15.0 Å². The van der Waals surface area contributed by atoms with Crippen LogP contribution in [0.4, 0.5) is 0 Å². The molecule has 1 aliphatic heterocycles. The van der Waals surface area contributed by atoms with Crippen LogP contribution < -0.4 is 5.32 Å². The fourth-order valence-electron chi connectivity index (χ4n) is 2.19. The largest absolute Gasteiger partial charge is 0.380 e. The predicted molar refractivity (Wildman–Crippen MR) is 70.2 cm³/mol. The normalized spacial score (nSPS) is 17.2. The van der Waals surface area contributed by atoms with Gasteiger partial charge in [-0.2, -0.15) is 0 Å². The van der Waals surface area contributed by atoms with Gasteiger partial charge in [0.05, 0.1) is 6.61 Å². The summed E-state index contributed by atoms with van der Waals surface area (Å²) in [4.78, 5) is 2.53. The Bertz CT molecular complexity index is 317. The molecule has 3 nitrogen and oxygen atoms in total. The smallest absolute Gasteiger partial charge is 0.0713 e. The first kappa shape index (κ1) is 12.6. The predicted octanol–water partition coefficient (Wildman–Crippen LogP) is 1.28. The maximum atomic E-state index is 5.11. The van der Waals surface area contributed by atoms with Crippen LogP contribution in [0.1, 0.15) is 11.1 Å². The van der Waals surface area contributed by atoms with Crippen molar-refractivity contribution < 1.29 is 4.74 Å². The fraction of sp³-hybridized carbons (Fsp3) is 0.571. The average molecular weight is 234 g/mol. The third kappa shape index (κ3) is 4.11. The van der Waals surface area contributed by atoms with Crippen molar-refractivity contribution in [2.75, 3.05) is 39.8 Å². The summed E-state index contributed by atoms with van der Waals surface area (Å²) in [5, 5.41) is 3.38. The van der Waals surface area contributed by atoms with Crippen molar-refractivity contribution in [3.05, 3.63) is 35.4 Å². The minimum Gasteiger partial charge on any atom is -0.380 e. The van der Waals surface area contributed by atoms with Crippen LogP contribution in [0, 0.1) is 0 Å². The van der Waals surface area contributed by atoms with Gasteiger partial charge in [-0.25, -0.2) is 0 Å². The standard InChI is InChI=1S/C14H22N2O/c1-17-12-14-4-2-13(3-5-14)6-9-16-10-7-15-8-11-16/h2-5,15H,6-12H2,1H3. The number of nitrogens with zero attached hydrogens (tertiary/aromatic N) is 1. The molecule has 1 N–H and O–H groups in total. The highest BCUT2D eigenvalue weighted by Crippen LogP contribution is 2.07. The molecule has 2 rings (SSSR count). The topological polar surface area (TPSA) is 24.5 Å². The SMILES string of the molecule is COCc1ccc(CCN2CCNCC2)cc1. The Hall–Kier alpha value is -0.900. The van der Waals surface area contributed by atoms with E-state index in [1.165, 1.54) is 30.8 Å². The van der Waals surface area contributed by atoms with Crippen LogP contribution in [0.25, 0.3) is 0 Å². The summed E-state index contributed by atoms with van der Waals surface area (Å²) >= 11 is 0. The molecule has 94 valence electrons. The fourth-order valence-corrected chi connectivity index (χ4v) is 2.19. The molecule has 0 atom stereocenters. The molecule has 0 aliphatic carbocycles. The molecule has 1 saturated heterocycles. The van der Waals surface area contributed by atoms with E-state index in [0.29, 0.717) is 6.61 Å². The van der Waals surface area contributed by atoms with Gasteiger partial charge >= 0.3 is 0 Å². The van der Waals surface area contributed by atoms with Crippen molar-refractivity contribution in [3.63, 3.8) is 0 Å². The van der Waals surface area contributed by atoms with Crippen LogP contribution in [-0.2, 0) is 17.8 Å². The highest BCUT2D eigenvalue weighted by molar-refractivity contribution is 5.22. The zero-order valence-corrected chi connectivity index (χ0v) is 10.6. The van der Waals surface area contributed by atoms with E-state index in [2.05, 4.69) is 34.5 Å². The zero-order valence-electron chi connectivity index (χ0n) is 10.6. The summed E-state index contributed by atoms with van der Waals surface area (Å²) in [6.07, 6.45) is 1.15. The first-order chi connectivity index (χ1) is 8.38. The molecule has 3 heteroatoms. The van der Waals surface area contributed by atoms with Crippen LogP contribution in [0.15, 0.2) is 24.3 Å². The summed E-state index contributed by atoms with van der Waals surface area (Å²) in [5.74, 6) is 0.